The first-order valence-corrected chi connectivity index (χ1v) is 7.15. The molecular formula is C11H16O2S2. The maximum atomic E-state index is 11.6. The van der Waals surface area contributed by atoms with Crippen LogP contribution in [-0.2, 0) is 11.2 Å². The van der Waals surface area contributed by atoms with Gasteiger partial charge in [0.1, 0.15) is 11.5 Å². The molecule has 1 aromatic rings. The fourth-order valence-corrected chi connectivity index (χ4v) is 2.52. The van der Waals surface area contributed by atoms with E-state index in [0.29, 0.717) is 6.61 Å². The Morgan fingerprint density at radius 3 is 2.87 bits per heavy atom. The fraction of sp³-hybridized carbons (Fsp3) is 0.545. The van der Waals surface area contributed by atoms with E-state index in [9.17, 15) is 4.79 Å². The van der Waals surface area contributed by atoms with Crippen LogP contribution in [0, 0.1) is 6.92 Å². The maximum Gasteiger partial charge on any atom is 0.348 e. The van der Waals surface area contributed by atoms with Crippen LogP contribution in [0.2, 0.25) is 0 Å². The zero-order valence-corrected chi connectivity index (χ0v) is 11.0. The Morgan fingerprint density at radius 1 is 1.60 bits per heavy atom. The zero-order chi connectivity index (χ0) is 11.3. The Kier molecular flexibility index (Phi) is 5.19. The SMILES string of the molecule is CCc1sc(C(=O)OCCSC)cc1C. The number of thiophene rings is 1. The number of esters is 1. The van der Waals surface area contributed by atoms with Gasteiger partial charge in [0, 0.05) is 10.6 Å². The average molecular weight is 244 g/mol. The molecule has 0 bridgehead atoms. The monoisotopic (exact) mass is 244 g/mol. The third kappa shape index (κ3) is 3.54. The van der Waals surface area contributed by atoms with Gasteiger partial charge in [-0.15, -0.1) is 11.3 Å². The number of rotatable bonds is 5. The topological polar surface area (TPSA) is 26.3 Å². The third-order valence-corrected chi connectivity index (χ3v) is 4.00. The number of ether oxygens (including phenoxy) is 1. The quantitative estimate of drug-likeness (QED) is 0.588. The molecule has 0 aliphatic heterocycles. The molecule has 2 nitrogen and oxygen atoms in total. The number of aryl methyl sites for hydroxylation is 2. The molecule has 0 saturated carbocycles. The number of thioether (sulfide) groups is 1. The molecular weight excluding hydrogens is 228 g/mol. The van der Waals surface area contributed by atoms with E-state index in [1.807, 2.05) is 19.2 Å². The molecule has 84 valence electrons. The Bertz CT molecular complexity index is 331. The summed E-state index contributed by atoms with van der Waals surface area (Å²) in [5.41, 5.74) is 1.19. The molecule has 4 heteroatoms. The van der Waals surface area contributed by atoms with E-state index in [1.54, 1.807) is 23.1 Å². The molecule has 15 heavy (non-hydrogen) atoms. The Labute approximate surface area is 99.0 Å². The second kappa shape index (κ2) is 6.18. The predicted molar refractivity (Wildman–Crippen MR) is 67.1 cm³/mol. The first kappa shape index (κ1) is 12.6. The minimum absolute atomic E-state index is 0.183. The molecule has 0 radical (unpaired) electrons. The standard InChI is InChI=1S/C11H16O2S2/c1-4-9-8(2)7-10(15-9)11(12)13-5-6-14-3/h7H,4-6H2,1-3H3. The summed E-state index contributed by atoms with van der Waals surface area (Å²) < 4.78 is 5.13. The second-order valence-corrected chi connectivity index (χ2v) is 5.32. The molecule has 0 N–H and O–H groups in total. The molecule has 0 amide bonds. The molecule has 0 saturated heterocycles. The highest BCUT2D eigenvalue weighted by atomic mass is 32.2. The van der Waals surface area contributed by atoms with Crippen LogP contribution in [0.3, 0.4) is 0 Å². The van der Waals surface area contributed by atoms with Crippen molar-refractivity contribution in [2.75, 3.05) is 18.6 Å². The van der Waals surface area contributed by atoms with Crippen molar-refractivity contribution in [1.29, 1.82) is 0 Å². The molecule has 1 heterocycles. The molecule has 0 fully saturated rings. The molecule has 0 atom stereocenters. The molecule has 0 aromatic carbocycles. The van der Waals surface area contributed by atoms with Crippen LogP contribution in [0.15, 0.2) is 6.07 Å². The largest absolute Gasteiger partial charge is 0.461 e. The van der Waals surface area contributed by atoms with Gasteiger partial charge in [0.05, 0.1) is 0 Å². The number of hydrogen-bond acceptors (Lipinski definition) is 4. The van der Waals surface area contributed by atoms with Gasteiger partial charge in [0.25, 0.3) is 0 Å². The first-order chi connectivity index (χ1) is 7.19. The van der Waals surface area contributed by atoms with E-state index in [0.717, 1.165) is 17.1 Å². The van der Waals surface area contributed by atoms with Crippen molar-refractivity contribution in [3.63, 3.8) is 0 Å². The molecule has 1 rings (SSSR count). The van der Waals surface area contributed by atoms with Crippen LogP contribution in [-0.4, -0.2) is 24.6 Å². The third-order valence-electron chi connectivity index (χ3n) is 2.06. The fourth-order valence-electron chi connectivity index (χ4n) is 1.26. The average Bonchev–Trinajstić information content (AvgIpc) is 2.60. The van der Waals surface area contributed by atoms with Gasteiger partial charge in [-0.2, -0.15) is 11.8 Å². The Morgan fingerprint density at radius 2 is 2.33 bits per heavy atom. The lowest BCUT2D eigenvalue weighted by Gasteiger charge is -2.00. The maximum absolute atomic E-state index is 11.6. The van der Waals surface area contributed by atoms with E-state index in [-0.39, 0.29) is 5.97 Å². The van der Waals surface area contributed by atoms with E-state index in [4.69, 9.17) is 4.74 Å². The van der Waals surface area contributed by atoms with Gasteiger partial charge in [-0.05, 0) is 31.2 Å². The van der Waals surface area contributed by atoms with Gasteiger partial charge in [-0.3, -0.25) is 0 Å². The van der Waals surface area contributed by atoms with Gasteiger partial charge in [-0.25, -0.2) is 4.79 Å². The normalized spacial score (nSPS) is 10.3. The Hall–Kier alpha value is -0.480. The number of carbonyl (C=O) groups excluding carboxylic acids is 1. The van der Waals surface area contributed by atoms with E-state index < -0.39 is 0 Å². The van der Waals surface area contributed by atoms with Gasteiger partial charge in [0.15, 0.2) is 0 Å². The summed E-state index contributed by atoms with van der Waals surface area (Å²) >= 11 is 3.22. The highest BCUT2D eigenvalue weighted by Gasteiger charge is 2.12. The first-order valence-electron chi connectivity index (χ1n) is 4.94. The van der Waals surface area contributed by atoms with Crippen molar-refractivity contribution in [2.24, 2.45) is 0 Å². The highest BCUT2D eigenvalue weighted by molar-refractivity contribution is 7.98. The molecule has 0 aliphatic carbocycles. The summed E-state index contributed by atoms with van der Waals surface area (Å²) in [5, 5.41) is 0. The van der Waals surface area contributed by atoms with Crippen molar-refractivity contribution in [1.82, 2.24) is 0 Å². The summed E-state index contributed by atoms with van der Waals surface area (Å²) in [6.07, 6.45) is 2.98. The lowest BCUT2D eigenvalue weighted by Crippen LogP contribution is -2.05. The van der Waals surface area contributed by atoms with Crippen molar-refractivity contribution >= 4 is 29.1 Å². The van der Waals surface area contributed by atoms with Crippen LogP contribution in [0.1, 0.15) is 27.0 Å². The second-order valence-electron chi connectivity index (χ2n) is 3.20. The summed E-state index contributed by atoms with van der Waals surface area (Å²) in [5.74, 6) is 0.674. The van der Waals surface area contributed by atoms with Crippen molar-refractivity contribution in [2.45, 2.75) is 20.3 Å². The summed E-state index contributed by atoms with van der Waals surface area (Å²) in [6, 6.07) is 1.92. The number of hydrogen-bond donors (Lipinski definition) is 0. The molecule has 0 aliphatic rings. The van der Waals surface area contributed by atoms with Crippen LogP contribution >= 0.6 is 23.1 Å². The van der Waals surface area contributed by atoms with Crippen molar-refractivity contribution in [3.05, 3.63) is 21.4 Å². The number of carbonyl (C=O) groups is 1. The van der Waals surface area contributed by atoms with E-state index in [2.05, 4.69) is 6.92 Å². The predicted octanol–water partition coefficient (Wildman–Crippen LogP) is 3.14. The summed E-state index contributed by atoms with van der Waals surface area (Å²) in [7, 11) is 0. The lowest BCUT2D eigenvalue weighted by atomic mass is 10.2. The highest BCUT2D eigenvalue weighted by Crippen LogP contribution is 2.22. The van der Waals surface area contributed by atoms with Gasteiger partial charge in [0.2, 0.25) is 0 Å². The minimum atomic E-state index is -0.183. The van der Waals surface area contributed by atoms with Crippen LogP contribution in [0.4, 0.5) is 0 Å². The van der Waals surface area contributed by atoms with Crippen molar-refractivity contribution < 1.29 is 9.53 Å². The van der Waals surface area contributed by atoms with Crippen molar-refractivity contribution in [3.8, 4) is 0 Å². The Balaban J connectivity index is 2.58. The van der Waals surface area contributed by atoms with Gasteiger partial charge < -0.3 is 4.74 Å². The molecule has 1 aromatic heterocycles. The van der Waals surface area contributed by atoms with E-state index in [1.165, 1.54) is 10.4 Å². The van der Waals surface area contributed by atoms with E-state index >= 15 is 0 Å². The van der Waals surface area contributed by atoms with Crippen LogP contribution in [0.5, 0.6) is 0 Å². The lowest BCUT2D eigenvalue weighted by molar-refractivity contribution is 0.0536. The summed E-state index contributed by atoms with van der Waals surface area (Å²) in [6.45, 7) is 4.63. The molecule has 0 unspecified atom stereocenters. The van der Waals surface area contributed by atoms with Gasteiger partial charge >= 0.3 is 5.97 Å². The smallest absolute Gasteiger partial charge is 0.348 e. The molecule has 0 spiro atoms. The summed E-state index contributed by atoms with van der Waals surface area (Å²) in [4.78, 5) is 13.6. The minimum Gasteiger partial charge on any atom is -0.461 e. The zero-order valence-electron chi connectivity index (χ0n) is 9.33. The van der Waals surface area contributed by atoms with Crippen LogP contribution < -0.4 is 0 Å². The van der Waals surface area contributed by atoms with Gasteiger partial charge in [-0.1, -0.05) is 6.92 Å². The van der Waals surface area contributed by atoms with Crippen LogP contribution in [0.25, 0.3) is 0 Å².